The molecule has 2 heterocycles. The van der Waals surface area contributed by atoms with E-state index in [1.807, 2.05) is 0 Å². The average molecular weight is 470 g/mol. The fourth-order valence-electron chi connectivity index (χ4n) is 3.08. The van der Waals surface area contributed by atoms with Gasteiger partial charge in [-0.05, 0) is 37.9 Å². The molecular formula is C16H31IN4O2S. The Bertz CT molecular complexity index is 422. The zero-order valence-corrected chi connectivity index (χ0v) is 17.9. The van der Waals surface area contributed by atoms with E-state index in [0.29, 0.717) is 18.9 Å². The summed E-state index contributed by atoms with van der Waals surface area (Å²) in [6.07, 6.45) is 3.47. The maximum Gasteiger partial charge on any atom is 0.220 e. The normalized spacial score (nSPS) is 25.3. The first kappa shape index (κ1) is 21.8. The van der Waals surface area contributed by atoms with E-state index in [1.54, 1.807) is 18.8 Å². The highest BCUT2D eigenvalue weighted by Gasteiger charge is 2.32. The lowest BCUT2D eigenvalue weighted by atomic mass is 9.93. The van der Waals surface area contributed by atoms with E-state index in [2.05, 4.69) is 27.4 Å². The van der Waals surface area contributed by atoms with Gasteiger partial charge in [0.2, 0.25) is 5.91 Å². The average Bonchev–Trinajstić information content (AvgIpc) is 2.99. The molecule has 2 aliphatic heterocycles. The van der Waals surface area contributed by atoms with Gasteiger partial charge in [-0.2, -0.15) is 11.8 Å². The van der Waals surface area contributed by atoms with Gasteiger partial charge in [0, 0.05) is 38.9 Å². The van der Waals surface area contributed by atoms with Gasteiger partial charge in [0.05, 0.1) is 12.1 Å². The van der Waals surface area contributed by atoms with Crippen molar-refractivity contribution in [3.8, 4) is 0 Å². The van der Waals surface area contributed by atoms with Crippen molar-refractivity contribution in [1.82, 2.24) is 15.5 Å². The molecule has 2 rings (SSSR count). The highest BCUT2D eigenvalue weighted by Crippen LogP contribution is 2.28. The lowest BCUT2D eigenvalue weighted by Gasteiger charge is -2.34. The summed E-state index contributed by atoms with van der Waals surface area (Å²) in [5.74, 6) is 3.29. The number of nitrogens with zero attached hydrogens (tertiary/aromatic N) is 2. The monoisotopic (exact) mass is 470 g/mol. The number of guanidine groups is 1. The molecule has 0 aliphatic carbocycles. The molecule has 0 bridgehead atoms. The quantitative estimate of drug-likeness (QED) is 0.321. The molecule has 3 N–H and O–H groups in total. The van der Waals surface area contributed by atoms with Gasteiger partial charge in [-0.1, -0.05) is 0 Å². The second-order valence-corrected chi connectivity index (χ2v) is 7.61. The maximum absolute atomic E-state index is 11.5. The summed E-state index contributed by atoms with van der Waals surface area (Å²) in [7, 11) is 1.69. The highest BCUT2D eigenvalue weighted by atomic mass is 127. The first-order valence-electron chi connectivity index (χ1n) is 8.60. The minimum Gasteiger partial charge on any atom is -0.387 e. The van der Waals surface area contributed by atoms with Gasteiger partial charge in [-0.25, -0.2) is 0 Å². The lowest BCUT2D eigenvalue weighted by molar-refractivity contribution is -0.121. The highest BCUT2D eigenvalue weighted by molar-refractivity contribution is 14.0. The molecule has 8 heteroatoms. The molecule has 1 atom stereocenters. The molecule has 0 aromatic heterocycles. The molecule has 1 amide bonds. The number of thioether (sulfide) groups is 1. The molecule has 0 spiro atoms. The summed E-state index contributed by atoms with van der Waals surface area (Å²) in [5, 5.41) is 16.5. The molecule has 24 heavy (non-hydrogen) atoms. The largest absolute Gasteiger partial charge is 0.387 e. The van der Waals surface area contributed by atoms with Crippen LogP contribution >= 0.6 is 35.7 Å². The smallest absolute Gasteiger partial charge is 0.220 e. The number of hydrogen-bond acceptors (Lipinski definition) is 4. The Balaban J connectivity index is 0.00000288. The van der Waals surface area contributed by atoms with Crippen molar-refractivity contribution < 1.29 is 9.90 Å². The van der Waals surface area contributed by atoms with Crippen molar-refractivity contribution in [2.45, 2.75) is 38.2 Å². The number of carbonyl (C=O) groups is 1. The Morgan fingerprint density at radius 3 is 2.67 bits per heavy atom. The zero-order chi connectivity index (χ0) is 16.7. The number of piperidine rings is 1. The topological polar surface area (TPSA) is 77.0 Å². The van der Waals surface area contributed by atoms with Gasteiger partial charge in [-0.3, -0.25) is 9.79 Å². The molecular weight excluding hydrogens is 439 g/mol. The fourth-order valence-corrected chi connectivity index (χ4v) is 4.37. The summed E-state index contributed by atoms with van der Waals surface area (Å²) < 4.78 is 0. The van der Waals surface area contributed by atoms with Crippen LogP contribution in [0.15, 0.2) is 4.99 Å². The van der Waals surface area contributed by atoms with Crippen LogP contribution in [0, 0.1) is 5.92 Å². The summed E-state index contributed by atoms with van der Waals surface area (Å²) >= 11 is 1.80. The third-order valence-corrected chi connectivity index (χ3v) is 5.84. The van der Waals surface area contributed by atoms with Crippen LogP contribution in [0.1, 0.15) is 32.6 Å². The second-order valence-electron chi connectivity index (χ2n) is 6.50. The number of aliphatic hydroxyl groups is 1. The Labute approximate surface area is 166 Å². The molecule has 2 saturated heterocycles. The van der Waals surface area contributed by atoms with Crippen molar-refractivity contribution >= 4 is 47.6 Å². The molecule has 0 radical (unpaired) electrons. The van der Waals surface area contributed by atoms with Crippen molar-refractivity contribution in [2.75, 3.05) is 44.7 Å². The van der Waals surface area contributed by atoms with Crippen LogP contribution < -0.4 is 10.6 Å². The summed E-state index contributed by atoms with van der Waals surface area (Å²) in [6, 6.07) is 0. The van der Waals surface area contributed by atoms with Crippen molar-refractivity contribution in [3.05, 3.63) is 0 Å². The van der Waals surface area contributed by atoms with Crippen LogP contribution in [0.5, 0.6) is 0 Å². The van der Waals surface area contributed by atoms with Gasteiger partial charge in [0.1, 0.15) is 0 Å². The van der Waals surface area contributed by atoms with Crippen LogP contribution in [-0.4, -0.2) is 72.2 Å². The van der Waals surface area contributed by atoms with Crippen LogP contribution in [-0.2, 0) is 4.79 Å². The Hall–Kier alpha value is -0.220. The third-order valence-electron chi connectivity index (χ3n) is 4.61. The summed E-state index contributed by atoms with van der Waals surface area (Å²) in [4.78, 5) is 18.4. The number of rotatable bonds is 5. The standard InChI is InChI=1S/C16H30N4O2S.HI/c1-3-18-15(19-11-16(22)6-9-23-12-16)20-7-4-13(5-8-20)10-14(21)17-2;/h13,22H,3-12H2,1-2H3,(H,17,21)(H,18,19);1H. The lowest BCUT2D eigenvalue weighted by Crippen LogP contribution is -2.47. The molecule has 0 saturated carbocycles. The number of amides is 1. The SMILES string of the molecule is CCNC(=NCC1(O)CCSC1)N1CCC(CC(=O)NC)CC1.I. The van der Waals surface area contributed by atoms with Crippen molar-refractivity contribution in [3.63, 3.8) is 0 Å². The molecule has 2 aliphatic rings. The van der Waals surface area contributed by atoms with E-state index in [4.69, 9.17) is 0 Å². The Morgan fingerprint density at radius 1 is 1.42 bits per heavy atom. The van der Waals surface area contributed by atoms with E-state index in [9.17, 15) is 9.90 Å². The molecule has 6 nitrogen and oxygen atoms in total. The van der Waals surface area contributed by atoms with E-state index in [0.717, 1.165) is 56.4 Å². The molecule has 1 unspecified atom stereocenters. The van der Waals surface area contributed by atoms with Gasteiger partial charge in [-0.15, -0.1) is 24.0 Å². The van der Waals surface area contributed by atoms with Gasteiger partial charge in [0.15, 0.2) is 5.96 Å². The zero-order valence-electron chi connectivity index (χ0n) is 14.7. The number of nitrogens with one attached hydrogen (secondary N) is 2. The molecule has 140 valence electrons. The van der Waals surface area contributed by atoms with E-state index >= 15 is 0 Å². The van der Waals surface area contributed by atoms with Crippen LogP contribution in [0.4, 0.5) is 0 Å². The van der Waals surface area contributed by atoms with Crippen LogP contribution in [0.25, 0.3) is 0 Å². The Morgan fingerprint density at radius 2 is 2.12 bits per heavy atom. The minimum absolute atomic E-state index is 0. The van der Waals surface area contributed by atoms with Crippen LogP contribution in [0.3, 0.4) is 0 Å². The van der Waals surface area contributed by atoms with E-state index in [1.165, 1.54) is 0 Å². The molecule has 2 fully saturated rings. The number of likely N-dealkylation sites (tertiary alicyclic amines) is 1. The Kier molecular flexibility index (Phi) is 9.73. The predicted octanol–water partition coefficient (Wildman–Crippen LogP) is 1.29. The predicted molar refractivity (Wildman–Crippen MR) is 111 cm³/mol. The maximum atomic E-state index is 11.5. The van der Waals surface area contributed by atoms with Gasteiger partial charge < -0.3 is 20.6 Å². The fraction of sp³-hybridized carbons (Fsp3) is 0.875. The van der Waals surface area contributed by atoms with Crippen molar-refractivity contribution in [1.29, 1.82) is 0 Å². The molecule has 0 aromatic rings. The van der Waals surface area contributed by atoms with E-state index < -0.39 is 5.60 Å². The first-order valence-corrected chi connectivity index (χ1v) is 9.76. The number of halogens is 1. The summed E-state index contributed by atoms with van der Waals surface area (Å²) in [5.41, 5.74) is -0.636. The summed E-state index contributed by atoms with van der Waals surface area (Å²) in [6.45, 7) is 5.19. The van der Waals surface area contributed by atoms with Crippen LogP contribution in [0.2, 0.25) is 0 Å². The first-order chi connectivity index (χ1) is 11.1. The van der Waals surface area contributed by atoms with Crippen molar-refractivity contribution in [2.24, 2.45) is 10.9 Å². The number of carbonyl (C=O) groups excluding carboxylic acids is 1. The van der Waals surface area contributed by atoms with Gasteiger partial charge in [0.25, 0.3) is 0 Å². The third kappa shape index (κ3) is 6.59. The molecule has 0 aromatic carbocycles. The van der Waals surface area contributed by atoms with E-state index in [-0.39, 0.29) is 29.9 Å². The number of hydrogen-bond donors (Lipinski definition) is 3. The van der Waals surface area contributed by atoms with Gasteiger partial charge >= 0.3 is 0 Å². The second kappa shape index (κ2) is 10.7. The minimum atomic E-state index is -0.636. The number of aliphatic imine (C=N–C) groups is 1.